The van der Waals surface area contributed by atoms with Crippen molar-refractivity contribution in [3.05, 3.63) is 24.3 Å². The summed E-state index contributed by atoms with van der Waals surface area (Å²) >= 11 is 0. The summed E-state index contributed by atoms with van der Waals surface area (Å²) in [7, 11) is 2.18. The van der Waals surface area contributed by atoms with Crippen LogP contribution in [-0.4, -0.2) is 32.2 Å². The minimum absolute atomic E-state index is 0.0290. The third kappa shape index (κ3) is 2.57. The minimum Gasteiger partial charge on any atom is -0.371 e. The van der Waals surface area contributed by atoms with Crippen molar-refractivity contribution in [2.75, 3.05) is 36.5 Å². The first-order chi connectivity index (χ1) is 9.18. The van der Waals surface area contributed by atoms with Gasteiger partial charge in [0, 0.05) is 32.2 Å². The molecule has 2 aliphatic rings. The van der Waals surface area contributed by atoms with Crippen LogP contribution in [-0.2, 0) is 0 Å². The standard InChI is InChI=1S/C16H25N3/c1-18-11-12-19(15-8-4-3-7-14(15)18)13-16(17)9-5-2-6-10-16/h3-4,7-8H,2,5-6,9-13,17H2,1H3. The summed E-state index contributed by atoms with van der Waals surface area (Å²) in [5.41, 5.74) is 9.35. The van der Waals surface area contributed by atoms with Gasteiger partial charge in [-0.2, -0.15) is 0 Å². The van der Waals surface area contributed by atoms with E-state index in [0.717, 1.165) is 19.6 Å². The minimum atomic E-state index is 0.0290. The van der Waals surface area contributed by atoms with Crippen molar-refractivity contribution in [2.45, 2.75) is 37.6 Å². The maximum absolute atomic E-state index is 6.63. The van der Waals surface area contributed by atoms with Crippen LogP contribution in [0.15, 0.2) is 24.3 Å². The van der Waals surface area contributed by atoms with E-state index in [1.54, 1.807) is 0 Å². The van der Waals surface area contributed by atoms with Gasteiger partial charge in [0.15, 0.2) is 0 Å². The molecule has 1 aliphatic heterocycles. The zero-order valence-corrected chi connectivity index (χ0v) is 11.9. The van der Waals surface area contributed by atoms with Gasteiger partial charge in [0.05, 0.1) is 11.4 Å². The first-order valence-electron chi connectivity index (χ1n) is 7.52. The summed E-state index contributed by atoms with van der Waals surface area (Å²) in [5.74, 6) is 0. The molecule has 0 atom stereocenters. The number of nitrogens with zero attached hydrogens (tertiary/aromatic N) is 2. The molecular weight excluding hydrogens is 234 g/mol. The Balaban J connectivity index is 1.80. The third-order valence-corrected chi connectivity index (χ3v) is 4.69. The van der Waals surface area contributed by atoms with Gasteiger partial charge in [-0.25, -0.2) is 0 Å². The molecule has 1 heterocycles. The highest BCUT2D eigenvalue weighted by Gasteiger charge is 2.31. The fourth-order valence-electron chi connectivity index (χ4n) is 3.52. The van der Waals surface area contributed by atoms with E-state index in [4.69, 9.17) is 5.73 Å². The van der Waals surface area contributed by atoms with Gasteiger partial charge < -0.3 is 15.5 Å². The molecule has 3 nitrogen and oxygen atoms in total. The molecule has 19 heavy (non-hydrogen) atoms. The molecule has 1 saturated carbocycles. The predicted octanol–water partition coefficient (Wildman–Crippen LogP) is 2.60. The second-order valence-electron chi connectivity index (χ2n) is 6.25. The molecule has 1 fully saturated rings. The molecule has 0 aromatic heterocycles. The van der Waals surface area contributed by atoms with Gasteiger partial charge >= 0.3 is 0 Å². The summed E-state index contributed by atoms with van der Waals surface area (Å²) in [6.45, 7) is 3.19. The molecule has 2 N–H and O–H groups in total. The van der Waals surface area contributed by atoms with Crippen molar-refractivity contribution in [2.24, 2.45) is 5.73 Å². The third-order valence-electron chi connectivity index (χ3n) is 4.69. The fourth-order valence-corrected chi connectivity index (χ4v) is 3.52. The van der Waals surface area contributed by atoms with Crippen molar-refractivity contribution >= 4 is 11.4 Å². The van der Waals surface area contributed by atoms with Gasteiger partial charge in [-0.15, -0.1) is 0 Å². The fraction of sp³-hybridized carbons (Fsp3) is 0.625. The van der Waals surface area contributed by atoms with Crippen LogP contribution < -0.4 is 15.5 Å². The van der Waals surface area contributed by atoms with Gasteiger partial charge in [-0.3, -0.25) is 0 Å². The van der Waals surface area contributed by atoms with E-state index in [1.807, 2.05) is 0 Å². The molecule has 0 unspecified atom stereocenters. The molecule has 1 aliphatic carbocycles. The zero-order chi connectivity index (χ0) is 13.3. The highest BCUT2D eigenvalue weighted by atomic mass is 15.3. The number of fused-ring (bicyclic) bond motifs is 1. The number of para-hydroxylation sites is 2. The molecule has 0 bridgehead atoms. The summed E-state index contributed by atoms with van der Waals surface area (Å²) in [4.78, 5) is 4.84. The van der Waals surface area contributed by atoms with Crippen molar-refractivity contribution in [1.29, 1.82) is 0 Å². The summed E-state index contributed by atoms with van der Waals surface area (Å²) in [5, 5.41) is 0. The Bertz CT molecular complexity index is 437. The normalized spacial score (nSPS) is 22.2. The first-order valence-corrected chi connectivity index (χ1v) is 7.52. The molecule has 1 aromatic rings. The molecule has 0 radical (unpaired) electrons. The lowest BCUT2D eigenvalue weighted by atomic mass is 9.82. The Labute approximate surface area is 116 Å². The number of nitrogens with two attached hydrogens (primary N) is 1. The van der Waals surface area contributed by atoms with Crippen LogP contribution in [0.3, 0.4) is 0 Å². The van der Waals surface area contributed by atoms with E-state index in [0.29, 0.717) is 0 Å². The van der Waals surface area contributed by atoms with Gasteiger partial charge in [-0.05, 0) is 25.0 Å². The van der Waals surface area contributed by atoms with Crippen molar-refractivity contribution < 1.29 is 0 Å². The Morgan fingerprint density at radius 1 is 1.05 bits per heavy atom. The van der Waals surface area contributed by atoms with Crippen LogP contribution in [0.25, 0.3) is 0 Å². The van der Waals surface area contributed by atoms with E-state index in [-0.39, 0.29) is 5.54 Å². The Morgan fingerprint density at radius 3 is 2.47 bits per heavy atom. The van der Waals surface area contributed by atoms with Crippen LogP contribution in [0.2, 0.25) is 0 Å². The maximum atomic E-state index is 6.63. The summed E-state index contributed by atoms with van der Waals surface area (Å²) < 4.78 is 0. The average molecular weight is 259 g/mol. The number of benzene rings is 1. The summed E-state index contributed by atoms with van der Waals surface area (Å²) in [6.07, 6.45) is 6.32. The highest BCUT2D eigenvalue weighted by Crippen LogP contribution is 2.34. The lowest BCUT2D eigenvalue weighted by molar-refractivity contribution is 0.297. The van der Waals surface area contributed by atoms with E-state index in [9.17, 15) is 0 Å². The number of rotatable bonds is 2. The molecule has 1 aromatic carbocycles. The zero-order valence-electron chi connectivity index (χ0n) is 11.9. The van der Waals surface area contributed by atoms with Gasteiger partial charge in [0.1, 0.15) is 0 Å². The van der Waals surface area contributed by atoms with Crippen LogP contribution in [0, 0.1) is 0 Å². The van der Waals surface area contributed by atoms with E-state index in [2.05, 4.69) is 41.1 Å². The number of likely N-dealkylation sites (N-methyl/N-ethyl adjacent to an activating group) is 1. The van der Waals surface area contributed by atoms with Crippen LogP contribution in [0.5, 0.6) is 0 Å². The Kier molecular flexibility index (Phi) is 3.40. The van der Waals surface area contributed by atoms with Crippen molar-refractivity contribution in [1.82, 2.24) is 0 Å². The quantitative estimate of drug-likeness (QED) is 0.886. The van der Waals surface area contributed by atoms with Crippen molar-refractivity contribution in [3.63, 3.8) is 0 Å². The number of anilines is 2. The predicted molar refractivity (Wildman–Crippen MR) is 81.9 cm³/mol. The second kappa shape index (κ2) is 5.04. The lowest BCUT2D eigenvalue weighted by Gasteiger charge is -2.43. The van der Waals surface area contributed by atoms with E-state index in [1.165, 1.54) is 43.5 Å². The van der Waals surface area contributed by atoms with Gasteiger partial charge in [0.2, 0.25) is 0 Å². The highest BCUT2D eigenvalue weighted by molar-refractivity contribution is 5.73. The molecule has 104 valence electrons. The molecule has 0 amide bonds. The number of hydrogen-bond donors (Lipinski definition) is 1. The Morgan fingerprint density at radius 2 is 1.74 bits per heavy atom. The molecular formula is C16H25N3. The number of hydrogen-bond acceptors (Lipinski definition) is 3. The molecule has 0 spiro atoms. The molecule has 0 saturated heterocycles. The maximum Gasteiger partial charge on any atom is 0.0605 e. The van der Waals surface area contributed by atoms with Crippen molar-refractivity contribution in [3.8, 4) is 0 Å². The monoisotopic (exact) mass is 259 g/mol. The van der Waals surface area contributed by atoms with Crippen LogP contribution >= 0.6 is 0 Å². The topological polar surface area (TPSA) is 32.5 Å². The van der Waals surface area contributed by atoms with Gasteiger partial charge in [-0.1, -0.05) is 31.4 Å². The second-order valence-corrected chi connectivity index (χ2v) is 6.25. The van der Waals surface area contributed by atoms with E-state index >= 15 is 0 Å². The smallest absolute Gasteiger partial charge is 0.0605 e. The van der Waals surface area contributed by atoms with Crippen LogP contribution in [0.4, 0.5) is 11.4 Å². The SMILES string of the molecule is CN1CCN(CC2(N)CCCCC2)c2ccccc21. The average Bonchev–Trinajstić information content (AvgIpc) is 2.43. The largest absolute Gasteiger partial charge is 0.371 e. The van der Waals surface area contributed by atoms with E-state index < -0.39 is 0 Å². The summed E-state index contributed by atoms with van der Waals surface area (Å²) in [6, 6.07) is 8.70. The molecule has 3 rings (SSSR count). The lowest BCUT2D eigenvalue weighted by Crippen LogP contribution is -2.54. The van der Waals surface area contributed by atoms with Crippen LogP contribution in [0.1, 0.15) is 32.1 Å². The first kappa shape index (κ1) is 12.8. The van der Waals surface area contributed by atoms with Gasteiger partial charge in [0.25, 0.3) is 0 Å². The molecule has 3 heteroatoms. The Hall–Kier alpha value is -1.22.